The van der Waals surface area contributed by atoms with E-state index < -0.39 is 0 Å². The van der Waals surface area contributed by atoms with Crippen molar-refractivity contribution in [2.45, 2.75) is 53.5 Å². The van der Waals surface area contributed by atoms with E-state index >= 15 is 0 Å². The number of rotatable bonds is 4. The summed E-state index contributed by atoms with van der Waals surface area (Å²) in [6.45, 7) is 11.5. The van der Waals surface area contributed by atoms with Crippen molar-refractivity contribution in [1.82, 2.24) is 20.0 Å². The van der Waals surface area contributed by atoms with Gasteiger partial charge in [-0.15, -0.1) is 0 Å². The van der Waals surface area contributed by atoms with E-state index in [2.05, 4.69) is 53.7 Å². The van der Waals surface area contributed by atoms with E-state index in [-0.39, 0.29) is 0 Å². The highest BCUT2D eigenvalue weighted by Crippen LogP contribution is 2.17. The van der Waals surface area contributed by atoms with E-state index in [1.165, 1.54) is 11.3 Å². The summed E-state index contributed by atoms with van der Waals surface area (Å²) in [4.78, 5) is 0. The normalized spacial score (nSPS) is 11.4. The quantitative estimate of drug-likeness (QED) is 0.901. The largest absolute Gasteiger partial charge is 0.282 e. The van der Waals surface area contributed by atoms with Crippen LogP contribution < -0.4 is 0 Å². The van der Waals surface area contributed by atoms with Gasteiger partial charge in [0.1, 0.15) is 0 Å². The molecule has 1 N–H and O–H groups in total. The Morgan fingerprint density at radius 3 is 2.56 bits per heavy atom. The summed E-state index contributed by atoms with van der Waals surface area (Å²) in [6.07, 6.45) is 0.928. The highest BCUT2D eigenvalue weighted by molar-refractivity contribution is 5.22. The molecule has 0 aliphatic carbocycles. The zero-order valence-corrected chi connectivity index (χ0v) is 11.9. The minimum absolute atomic E-state index is 0.508. The molecular formula is C14H22N4. The van der Waals surface area contributed by atoms with Gasteiger partial charge in [-0.1, -0.05) is 13.8 Å². The molecule has 4 heteroatoms. The van der Waals surface area contributed by atoms with Gasteiger partial charge in [-0.2, -0.15) is 10.2 Å². The maximum atomic E-state index is 4.56. The Hall–Kier alpha value is -1.58. The van der Waals surface area contributed by atoms with E-state index in [9.17, 15) is 0 Å². The van der Waals surface area contributed by atoms with Crippen molar-refractivity contribution in [2.24, 2.45) is 0 Å². The van der Waals surface area contributed by atoms with E-state index in [1.807, 2.05) is 6.92 Å². The molecule has 2 rings (SSSR count). The number of hydrogen-bond donors (Lipinski definition) is 1. The molecule has 2 aromatic heterocycles. The van der Waals surface area contributed by atoms with Crippen molar-refractivity contribution in [3.8, 4) is 0 Å². The number of hydrogen-bond acceptors (Lipinski definition) is 2. The van der Waals surface area contributed by atoms with Gasteiger partial charge in [-0.05, 0) is 38.3 Å². The second kappa shape index (κ2) is 4.96. The first-order valence-corrected chi connectivity index (χ1v) is 6.53. The van der Waals surface area contributed by atoms with Crippen molar-refractivity contribution < 1.29 is 0 Å². The Morgan fingerprint density at radius 2 is 2.00 bits per heavy atom. The Morgan fingerprint density at radius 1 is 1.28 bits per heavy atom. The van der Waals surface area contributed by atoms with Crippen LogP contribution in [0.5, 0.6) is 0 Å². The molecule has 4 nitrogen and oxygen atoms in total. The number of nitrogens with zero attached hydrogens (tertiary/aromatic N) is 3. The lowest BCUT2D eigenvalue weighted by Gasteiger charge is -2.09. The summed E-state index contributed by atoms with van der Waals surface area (Å²) >= 11 is 0. The third-order valence-electron chi connectivity index (χ3n) is 3.44. The van der Waals surface area contributed by atoms with Crippen molar-refractivity contribution in [3.05, 3.63) is 34.4 Å². The molecule has 0 amide bonds. The fourth-order valence-corrected chi connectivity index (χ4v) is 2.20. The van der Waals surface area contributed by atoms with Gasteiger partial charge < -0.3 is 0 Å². The van der Waals surface area contributed by atoms with Gasteiger partial charge in [-0.25, -0.2) is 0 Å². The second-order valence-electron chi connectivity index (χ2n) is 5.26. The summed E-state index contributed by atoms with van der Waals surface area (Å²) in [5.41, 5.74) is 5.97. The highest BCUT2D eigenvalue weighted by atomic mass is 15.3. The molecule has 0 aromatic carbocycles. The number of nitrogens with one attached hydrogen (secondary N) is 1. The number of H-pyrrole nitrogens is 1. The Bertz CT molecular complexity index is 534. The van der Waals surface area contributed by atoms with Crippen molar-refractivity contribution in [1.29, 1.82) is 0 Å². The molecule has 0 spiro atoms. The number of aromatic nitrogens is 4. The summed E-state index contributed by atoms with van der Waals surface area (Å²) < 4.78 is 2.11. The molecule has 18 heavy (non-hydrogen) atoms. The summed E-state index contributed by atoms with van der Waals surface area (Å²) in [5, 5.41) is 11.9. The maximum Gasteiger partial charge on any atom is 0.0672 e. The Labute approximate surface area is 108 Å². The standard InChI is InChI=1S/C14H22N4/c1-9(2)14-8-10(3)17-18(14)7-6-13-11(4)12(5)15-16-13/h8-9H,6-7H2,1-5H3,(H,15,16). The first-order valence-electron chi connectivity index (χ1n) is 6.53. The summed E-state index contributed by atoms with van der Waals surface area (Å²) in [7, 11) is 0. The molecule has 0 saturated heterocycles. The molecule has 0 saturated carbocycles. The summed E-state index contributed by atoms with van der Waals surface area (Å²) in [5.74, 6) is 0.508. The van der Waals surface area contributed by atoms with Crippen LogP contribution >= 0.6 is 0 Å². The van der Waals surface area contributed by atoms with Crippen LogP contribution in [0.2, 0.25) is 0 Å². The number of aromatic amines is 1. The fourth-order valence-electron chi connectivity index (χ4n) is 2.20. The van der Waals surface area contributed by atoms with Gasteiger partial charge in [0, 0.05) is 24.4 Å². The zero-order chi connectivity index (χ0) is 13.3. The average molecular weight is 246 g/mol. The molecule has 0 aliphatic heterocycles. The van der Waals surface area contributed by atoms with Crippen LogP contribution in [0.1, 0.15) is 48.1 Å². The maximum absolute atomic E-state index is 4.56. The summed E-state index contributed by atoms with van der Waals surface area (Å²) in [6, 6.07) is 2.17. The van der Waals surface area contributed by atoms with Gasteiger partial charge in [0.25, 0.3) is 0 Å². The predicted molar refractivity (Wildman–Crippen MR) is 72.8 cm³/mol. The fraction of sp³-hybridized carbons (Fsp3) is 0.571. The lowest BCUT2D eigenvalue weighted by molar-refractivity contribution is 0.558. The van der Waals surface area contributed by atoms with Crippen LogP contribution in [0, 0.1) is 20.8 Å². The second-order valence-corrected chi connectivity index (χ2v) is 5.26. The van der Waals surface area contributed by atoms with Crippen molar-refractivity contribution in [3.63, 3.8) is 0 Å². The Kier molecular flexibility index (Phi) is 3.55. The lowest BCUT2D eigenvalue weighted by atomic mass is 10.1. The average Bonchev–Trinajstić information content (AvgIpc) is 2.82. The van der Waals surface area contributed by atoms with Crippen LogP contribution in [0.25, 0.3) is 0 Å². The zero-order valence-electron chi connectivity index (χ0n) is 11.9. The first-order chi connectivity index (χ1) is 8.49. The van der Waals surface area contributed by atoms with Gasteiger partial charge in [0.05, 0.1) is 11.4 Å². The third kappa shape index (κ3) is 2.47. The lowest BCUT2D eigenvalue weighted by Crippen LogP contribution is -2.09. The van der Waals surface area contributed by atoms with Crippen LogP contribution in [0.15, 0.2) is 6.07 Å². The third-order valence-corrected chi connectivity index (χ3v) is 3.44. The molecule has 2 heterocycles. The molecule has 0 unspecified atom stereocenters. The van der Waals surface area contributed by atoms with Gasteiger partial charge in [0.15, 0.2) is 0 Å². The molecule has 0 fully saturated rings. The van der Waals surface area contributed by atoms with E-state index in [0.717, 1.165) is 30.0 Å². The highest BCUT2D eigenvalue weighted by Gasteiger charge is 2.11. The molecule has 0 radical (unpaired) electrons. The van der Waals surface area contributed by atoms with E-state index in [1.54, 1.807) is 0 Å². The molecular weight excluding hydrogens is 224 g/mol. The van der Waals surface area contributed by atoms with Crippen LogP contribution in [-0.4, -0.2) is 20.0 Å². The molecule has 0 aliphatic rings. The van der Waals surface area contributed by atoms with Crippen molar-refractivity contribution >= 4 is 0 Å². The van der Waals surface area contributed by atoms with Gasteiger partial charge >= 0.3 is 0 Å². The van der Waals surface area contributed by atoms with Gasteiger partial charge in [0.2, 0.25) is 0 Å². The molecule has 2 aromatic rings. The van der Waals surface area contributed by atoms with Crippen LogP contribution in [0.4, 0.5) is 0 Å². The first kappa shape index (κ1) is 12.9. The predicted octanol–water partition coefficient (Wildman–Crippen LogP) is 2.90. The minimum Gasteiger partial charge on any atom is -0.282 e. The van der Waals surface area contributed by atoms with Crippen LogP contribution in [-0.2, 0) is 13.0 Å². The topological polar surface area (TPSA) is 46.5 Å². The molecule has 98 valence electrons. The number of aryl methyl sites for hydroxylation is 4. The Balaban J connectivity index is 2.13. The SMILES string of the molecule is Cc1cc(C(C)C)n(CCc2n[nH]c(C)c2C)n1. The monoisotopic (exact) mass is 246 g/mol. The molecule has 0 atom stereocenters. The van der Waals surface area contributed by atoms with E-state index in [4.69, 9.17) is 0 Å². The van der Waals surface area contributed by atoms with Crippen molar-refractivity contribution in [2.75, 3.05) is 0 Å². The smallest absolute Gasteiger partial charge is 0.0672 e. The minimum atomic E-state index is 0.508. The molecule has 0 bridgehead atoms. The van der Waals surface area contributed by atoms with Crippen LogP contribution in [0.3, 0.4) is 0 Å². The van der Waals surface area contributed by atoms with Gasteiger partial charge in [-0.3, -0.25) is 9.78 Å². The van der Waals surface area contributed by atoms with E-state index in [0.29, 0.717) is 5.92 Å².